The fraction of sp³-hybridized carbons (Fsp3) is 0.650. The van der Waals surface area contributed by atoms with Gasteiger partial charge < -0.3 is 19.7 Å². The van der Waals surface area contributed by atoms with Crippen molar-refractivity contribution in [1.29, 1.82) is 0 Å². The molecule has 5 nitrogen and oxygen atoms in total. The van der Waals surface area contributed by atoms with Gasteiger partial charge >= 0.3 is 0 Å². The molecule has 1 aliphatic heterocycles. The summed E-state index contributed by atoms with van der Waals surface area (Å²) in [5, 5.41) is 3.38. The minimum atomic E-state index is 0.370. The molecule has 0 aliphatic carbocycles. The summed E-state index contributed by atoms with van der Waals surface area (Å²) < 4.78 is 11.3. The van der Waals surface area contributed by atoms with E-state index < -0.39 is 0 Å². The number of hydrogen-bond acceptors (Lipinski definition) is 3. The van der Waals surface area contributed by atoms with E-state index in [1.165, 1.54) is 11.1 Å². The largest absolute Gasteiger partial charge is 0.381 e. The van der Waals surface area contributed by atoms with E-state index in [1.54, 1.807) is 0 Å². The van der Waals surface area contributed by atoms with Gasteiger partial charge in [0.05, 0.1) is 6.10 Å². The highest BCUT2D eigenvalue weighted by atomic mass is 16.5. The molecule has 140 valence electrons. The first-order chi connectivity index (χ1) is 12.2. The van der Waals surface area contributed by atoms with Crippen LogP contribution < -0.4 is 5.32 Å². The van der Waals surface area contributed by atoms with Crippen LogP contribution in [0.3, 0.4) is 0 Å². The van der Waals surface area contributed by atoms with E-state index in [0.29, 0.717) is 6.10 Å². The maximum atomic E-state index is 5.91. The number of benzene rings is 1. The van der Waals surface area contributed by atoms with Crippen LogP contribution in [0.2, 0.25) is 0 Å². The summed E-state index contributed by atoms with van der Waals surface area (Å²) in [6, 6.07) is 8.50. The zero-order chi connectivity index (χ0) is 17.9. The van der Waals surface area contributed by atoms with Crippen LogP contribution in [0.15, 0.2) is 29.3 Å². The van der Waals surface area contributed by atoms with Crippen LogP contribution in [0, 0.1) is 6.92 Å². The number of nitrogens with one attached hydrogen (secondary N) is 1. The third-order valence-electron chi connectivity index (χ3n) is 4.45. The van der Waals surface area contributed by atoms with Crippen LogP contribution in [0.1, 0.15) is 37.3 Å². The Bertz CT molecular complexity index is 527. The van der Waals surface area contributed by atoms with E-state index in [2.05, 4.69) is 55.4 Å². The van der Waals surface area contributed by atoms with E-state index in [-0.39, 0.29) is 0 Å². The van der Waals surface area contributed by atoms with Crippen LogP contribution >= 0.6 is 0 Å². The van der Waals surface area contributed by atoms with Gasteiger partial charge in [-0.1, -0.05) is 24.3 Å². The maximum Gasteiger partial charge on any atom is 0.193 e. The van der Waals surface area contributed by atoms with Crippen LogP contribution in [0.25, 0.3) is 0 Å². The lowest BCUT2D eigenvalue weighted by molar-refractivity contribution is -0.0318. The van der Waals surface area contributed by atoms with E-state index >= 15 is 0 Å². The highest BCUT2D eigenvalue weighted by Crippen LogP contribution is 2.11. The number of ether oxygens (including phenoxy) is 2. The third kappa shape index (κ3) is 7.04. The molecule has 0 saturated carbocycles. The predicted octanol–water partition coefficient (Wildman–Crippen LogP) is 2.98. The molecule has 1 fully saturated rings. The van der Waals surface area contributed by atoms with Crippen molar-refractivity contribution in [2.75, 3.05) is 40.0 Å². The summed E-state index contributed by atoms with van der Waals surface area (Å²) in [7, 11) is 2.09. The Hall–Kier alpha value is -1.59. The molecule has 0 bridgehead atoms. The second kappa shape index (κ2) is 11.1. The Kier molecular flexibility index (Phi) is 8.77. The van der Waals surface area contributed by atoms with Crippen molar-refractivity contribution in [3.05, 3.63) is 35.4 Å². The van der Waals surface area contributed by atoms with E-state index in [0.717, 1.165) is 64.7 Å². The van der Waals surface area contributed by atoms with Gasteiger partial charge in [0.1, 0.15) is 0 Å². The standard InChI is InChI=1S/C20H33N3O2/c1-4-21-20(23(3)16-18-9-6-5-8-17(18)2)22-12-7-13-25-19-10-14-24-15-11-19/h5-6,8-9,19H,4,7,10-16H2,1-3H3,(H,21,22). The molecule has 0 spiro atoms. The second-order valence-electron chi connectivity index (χ2n) is 6.55. The zero-order valence-corrected chi connectivity index (χ0v) is 16.0. The number of aryl methyl sites for hydroxylation is 1. The predicted molar refractivity (Wildman–Crippen MR) is 103 cm³/mol. The first-order valence-electron chi connectivity index (χ1n) is 9.44. The Morgan fingerprint density at radius 1 is 1.32 bits per heavy atom. The number of aliphatic imine (C=N–C) groups is 1. The number of guanidine groups is 1. The fourth-order valence-electron chi connectivity index (χ4n) is 2.93. The molecular weight excluding hydrogens is 314 g/mol. The summed E-state index contributed by atoms with van der Waals surface area (Å²) in [4.78, 5) is 6.93. The van der Waals surface area contributed by atoms with Gasteiger partial charge in [-0.3, -0.25) is 4.99 Å². The van der Waals surface area contributed by atoms with E-state index in [4.69, 9.17) is 14.5 Å². The molecular formula is C20H33N3O2. The van der Waals surface area contributed by atoms with Gasteiger partial charge in [0.15, 0.2) is 5.96 Å². The van der Waals surface area contributed by atoms with Crippen LogP contribution in [-0.2, 0) is 16.0 Å². The monoisotopic (exact) mass is 347 g/mol. The second-order valence-corrected chi connectivity index (χ2v) is 6.55. The topological polar surface area (TPSA) is 46.1 Å². The lowest BCUT2D eigenvalue weighted by atomic mass is 10.1. The molecule has 2 rings (SSSR count). The van der Waals surface area contributed by atoms with Gasteiger partial charge in [0.2, 0.25) is 0 Å². The summed E-state index contributed by atoms with van der Waals surface area (Å²) in [6.07, 6.45) is 3.36. The SMILES string of the molecule is CCNC(=NCCCOC1CCOCC1)N(C)Cc1ccccc1C. The van der Waals surface area contributed by atoms with Crippen molar-refractivity contribution in [2.45, 2.75) is 45.8 Å². The highest BCUT2D eigenvalue weighted by Gasteiger charge is 2.13. The molecule has 0 radical (unpaired) electrons. The average molecular weight is 348 g/mol. The number of rotatable bonds is 8. The Labute approximate surface area is 152 Å². The van der Waals surface area contributed by atoms with Gasteiger partial charge in [-0.2, -0.15) is 0 Å². The molecule has 0 atom stereocenters. The third-order valence-corrected chi connectivity index (χ3v) is 4.45. The lowest BCUT2D eigenvalue weighted by Gasteiger charge is -2.23. The minimum Gasteiger partial charge on any atom is -0.381 e. The maximum absolute atomic E-state index is 5.91. The van der Waals surface area contributed by atoms with Crippen LogP contribution in [0.5, 0.6) is 0 Å². The molecule has 0 amide bonds. The normalized spacial score (nSPS) is 16.0. The molecule has 1 aromatic rings. The number of nitrogens with zero attached hydrogens (tertiary/aromatic N) is 2. The molecule has 25 heavy (non-hydrogen) atoms. The van der Waals surface area contributed by atoms with Gasteiger partial charge in [0.25, 0.3) is 0 Å². The van der Waals surface area contributed by atoms with Crippen molar-refractivity contribution in [3.8, 4) is 0 Å². The summed E-state index contributed by atoms with van der Waals surface area (Å²) in [5.74, 6) is 0.955. The minimum absolute atomic E-state index is 0.370. The molecule has 0 unspecified atom stereocenters. The van der Waals surface area contributed by atoms with Crippen molar-refractivity contribution < 1.29 is 9.47 Å². The lowest BCUT2D eigenvalue weighted by Crippen LogP contribution is -2.38. The average Bonchev–Trinajstić information content (AvgIpc) is 2.63. The van der Waals surface area contributed by atoms with Crippen molar-refractivity contribution in [3.63, 3.8) is 0 Å². The van der Waals surface area contributed by atoms with Gasteiger partial charge in [-0.25, -0.2) is 0 Å². The molecule has 1 aliphatic rings. The molecule has 1 saturated heterocycles. The molecule has 1 N–H and O–H groups in total. The van der Waals surface area contributed by atoms with E-state index in [1.807, 2.05) is 0 Å². The Morgan fingerprint density at radius 2 is 2.08 bits per heavy atom. The number of hydrogen-bond donors (Lipinski definition) is 1. The Balaban J connectivity index is 1.77. The summed E-state index contributed by atoms with van der Waals surface area (Å²) >= 11 is 0. The molecule has 1 heterocycles. The quantitative estimate of drug-likeness (QED) is 0.446. The fourth-order valence-corrected chi connectivity index (χ4v) is 2.93. The first kappa shape index (κ1) is 19.7. The Morgan fingerprint density at radius 3 is 2.80 bits per heavy atom. The molecule has 1 aromatic carbocycles. The zero-order valence-electron chi connectivity index (χ0n) is 16.0. The first-order valence-corrected chi connectivity index (χ1v) is 9.44. The molecule has 5 heteroatoms. The smallest absolute Gasteiger partial charge is 0.193 e. The summed E-state index contributed by atoms with van der Waals surface area (Å²) in [6.45, 7) is 9.20. The van der Waals surface area contributed by atoms with Crippen LogP contribution in [-0.4, -0.2) is 56.9 Å². The molecule has 0 aromatic heterocycles. The van der Waals surface area contributed by atoms with Crippen molar-refractivity contribution in [2.24, 2.45) is 4.99 Å². The van der Waals surface area contributed by atoms with Gasteiger partial charge in [-0.05, 0) is 44.2 Å². The highest BCUT2D eigenvalue weighted by molar-refractivity contribution is 5.79. The van der Waals surface area contributed by atoms with Gasteiger partial charge in [-0.15, -0.1) is 0 Å². The van der Waals surface area contributed by atoms with E-state index in [9.17, 15) is 0 Å². The van der Waals surface area contributed by atoms with Gasteiger partial charge in [0, 0.05) is 46.5 Å². The van der Waals surface area contributed by atoms with Crippen molar-refractivity contribution in [1.82, 2.24) is 10.2 Å². The van der Waals surface area contributed by atoms with Crippen LogP contribution in [0.4, 0.5) is 0 Å². The van der Waals surface area contributed by atoms with Crippen molar-refractivity contribution >= 4 is 5.96 Å². The summed E-state index contributed by atoms with van der Waals surface area (Å²) in [5.41, 5.74) is 2.65.